The monoisotopic (exact) mass is 319 g/mol. The Morgan fingerprint density at radius 3 is 2.64 bits per heavy atom. The van der Waals surface area contributed by atoms with Crippen molar-refractivity contribution in [3.05, 3.63) is 46.7 Å². The summed E-state index contributed by atoms with van der Waals surface area (Å²) in [5.41, 5.74) is 6.33. The lowest BCUT2D eigenvalue weighted by Crippen LogP contribution is -2.45. The number of aromatic nitrogens is 3. The first-order valence-electron chi connectivity index (χ1n) is 6.79. The highest BCUT2D eigenvalue weighted by Crippen LogP contribution is 2.34. The van der Waals surface area contributed by atoms with Crippen molar-refractivity contribution in [2.45, 2.75) is 19.0 Å². The van der Waals surface area contributed by atoms with Crippen LogP contribution in [-0.4, -0.2) is 38.3 Å². The van der Waals surface area contributed by atoms with Crippen LogP contribution in [-0.2, 0) is 11.3 Å². The Labute approximate surface area is 131 Å². The van der Waals surface area contributed by atoms with Crippen LogP contribution >= 0.6 is 11.6 Å². The van der Waals surface area contributed by atoms with Crippen molar-refractivity contribution in [2.24, 2.45) is 5.73 Å². The van der Waals surface area contributed by atoms with E-state index < -0.39 is 5.91 Å². The molecule has 1 fully saturated rings. The lowest BCUT2D eigenvalue weighted by Gasteiger charge is -2.40. The second-order valence-corrected chi connectivity index (χ2v) is 5.56. The van der Waals surface area contributed by atoms with E-state index in [1.54, 1.807) is 17.0 Å². The van der Waals surface area contributed by atoms with E-state index in [0.717, 1.165) is 12.0 Å². The van der Waals surface area contributed by atoms with Crippen LogP contribution < -0.4 is 5.73 Å². The van der Waals surface area contributed by atoms with Gasteiger partial charge in [0.1, 0.15) is 6.54 Å². The second kappa shape index (κ2) is 5.76. The molecule has 1 aliphatic heterocycles. The van der Waals surface area contributed by atoms with Gasteiger partial charge in [-0.15, -0.1) is 5.10 Å². The van der Waals surface area contributed by atoms with Crippen molar-refractivity contribution >= 4 is 23.4 Å². The number of nitrogens with zero attached hydrogens (tertiary/aromatic N) is 4. The molecule has 2 aromatic rings. The van der Waals surface area contributed by atoms with Crippen LogP contribution in [0.4, 0.5) is 0 Å². The number of hydrogen-bond acceptors (Lipinski definition) is 4. The van der Waals surface area contributed by atoms with Crippen molar-refractivity contribution < 1.29 is 9.59 Å². The summed E-state index contributed by atoms with van der Waals surface area (Å²) in [7, 11) is 0. The third-order valence-corrected chi connectivity index (χ3v) is 3.86. The fourth-order valence-electron chi connectivity index (χ4n) is 2.44. The van der Waals surface area contributed by atoms with Gasteiger partial charge in [0.25, 0.3) is 5.91 Å². The molecule has 1 aromatic heterocycles. The first-order chi connectivity index (χ1) is 10.5. The molecule has 0 radical (unpaired) electrons. The second-order valence-electron chi connectivity index (χ2n) is 5.12. The number of likely N-dealkylation sites (tertiary alicyclic amines) is 1. The number of benzene rings is 1. The number of amides is 2. The van der Waals surface area contributed by atoms with Gasteiger partial charge in [0.05, 0.1) is 12.2 Å². The van der Waals surface area contributed by atoms with E-state index in [-0.39, 0.29) is 24.2 Å². The number of halogens is 1. The maximum atomic E-state index is 12.4. The average Bonchev–Trinajstić information content (AvgIpc) is 2.87. The first kappa shape index (κ1) is 14.5. The Morgan fingerprint density at radius 1 is 1.32 bits per heavy atom. The largest absolute Gasteiger partial charge is 0.368 e. The predicted octanol–water partition coefficient (Wildman–Crippen LogP) is 1.00. The molecule has 1 aromatic carbocycles. The van der Waals surface area contributed by atoms with E-state index in [4.69, 9.17) is 17.3 Å². The molecule has 2 N–H and O–H groups in total. The highest BCUT2D eigenvalue weighted by atomic mass is 35.5. The molecule has 22 heavy (non-hydrogen) atoms. The topological polar surface area (TPSA) is 94.1 Å². The minimum atomic E-state index is -0.535. The number of rotatable bonds is 4. The summed E-state index contributed by atoms with van der Waals surface area (Å²) in [6.07, 6.45) is 2.33. The predicted molar refractivity (Wildman–Crippen MR) is 79.1 cm³/mol. The number of primary amides is 1. The molecular weight excluding hydrogens is 306 g/mol. The van der Waals surface area contributed by atoms with E-state index in [0.29, 0.717) is 11.6 Å². The van der Waals surface area contributed by atoms with Crippen molar-refractivity contribution in [3.8, 4) is 0 Å². The summed E-state index contributed by atoms with van der Waals surface area (Å²) >= 11 is 5.88. The molecule has 1 aliphatic rings. The molecule has 0 saturated carbocycles. The Morgan fingerprint density at radius 2 is 2.05 bits per heavy atom. The minimum Gasteiger partial charge on any atom is -0.368 e. The van der Waals surface area contributed by atoms with Gasteiger partial charge in [0.15, 0.2) is 5.69 Å². The van der Waals surface area contributed by atoms with Crippen molar-refractivity contribution in [1.82, 2.24) is 19.9 Å². The van der Waals surface area contributed by atoms with Crippen LogP contribution in [0.1, 0.15) is 28.5 Å². The molecular formula is C14H14ClN5O2. The van der Waals surface area contributed by atoms with Crippen LogP contribution in [0.25, 0.3) is 0 Å². The molecule has 0 bridgehead atoms. The van der Waals surface area contributed by atoms with Gasteiger partial charge < -0.3 is 10.6 Å². The summed E-state index contributed by atoms with van der Waals surface area (Å²) in [4.78, 5) is 25.0. The lowest BCUT2D eigenvalue weighted by atomic mass is 9.94. The summed E-state index contributed by atoms with van der Waals surface area (Å²) < 4.78 is 1.26. The number of hydrogen-bond donors (Lipinski definition) is 1. The highest BCUT2D eigenvalue weighted by Gasteiger charge is 2.35. The van der Waals surface area contributed by atoms with E-state index >= 15 is 0 Å². The molecule has 2 amide bonds. The Balaban J connectivity index is 1.73. The summed E-state index contributed by atoms with van der Waals surface area (Å²) in [6.45, 7) is 0.565. The minimum absolute atomic E-state index is 0.0195. The summed E-state index contributed by atoms with van der Waals surface area (Å²) in [6, 6.07) is 7.46. The quantitative estimate of drug-likeness (QED) is 0.909. The van der Waals surface area contributed by atoms with Gasteiger partial charge in [0, 0.05) is 11.6 Å². The molecule has 0 aliphatic carbocycles. The molecule has 7 nitrogen and oxygen atoms in total. The lowest BCUT2D eigenvalue weighted by molar-refractivity contribution is -0.118. The van der Waals surface area contributed by atoms with Gasteiger partial charge in [-0.05, 0) is 24.1 Å². The molecule has 1 atom stereocenters. The summed E-state index contributed by atoms with van der Waals surface area (Å²) in [5, 5.41) is 8.20. The molecule has 114 valence electrons. The smallest absolute Gasteiger partial charge is 0.276 e. The fraction of sp³-hybridized carbons (Fsp3) is 0.286. The molecule has 3 rings (SSSR count). The Hall–Kier alpha value is -2.41. The first-order valence-corrected chi connectivity index (χ1v) is 7.17. The van der Waals surface area contributed by atoms with Gasteiger partial charge in [-0.3, -0.25) is 9.59 Å². The maximum absolute atomic E-state index is 12.4. The van der Waals surface area contributed by atoms with Gasteiger partial charge in [-0.25, -0.2) is 4.68 Å². The number of carbonyl (C=O) groups is 2. The van der Waals surface area contributed by atoms with Crippen LogP contribution in [0.2, 0.25) is 5.02 Å². The maximum Gasteiger partial charge on any atom is 0.276 e. The van der Waals surface area contributed by atoms with Crippen LogP contribution in [0.3, 0.4) is 0 Å². The Bertz CT molecular complexity index is 712. The zero-order chi connectivity index (χ0) is 15.7. The van der Waals surface area contributed by atoms with Crippen LogP contribution in [0.5, 0.6) is 0 Å². The van der Waals surface area contributed by atoms with Gasteiger partial charge in [-0.1, -0.05) is 28.9 Å². The highest BCUT2D eigenvalue weighted by molar-refractivity contribution is 6.30. The third-order valence-electron chi connectivity index (χ3n) is 3.61. The molecule has 1 unspecified atom stereocenters. The SMILES string of the molecule is NC(=O)Cn1cc(C(=O)N2CCC2c2ccc(Cl)cc2)nn1. The standard InChI is InChI=1S/C14H14ClN5O2/c15-10-3-1-9(2-4-10)12-5-6-20(12)14(22)11-7-19(18-17-11)8-13(16)21/h1-4,7,12H,5-6,8H2,(H2,16,21). The molecule has 2 heterocycles. The molecule has 1 saturated heterocycles. The fourth-order valence-corrected chi connectivity index (χ4v) is 2.57. The Kier molecular flexibility index (Phi) is 3.81. The van der Waals surface area contributed by atoms with Crippen LogP contribution in [0.15, 0.2) is 30.5 Å². The summed E-state index contributed by atoms with van der Waals surface area (Å²) in [5.74, 6) is -0.742. The van der Waals surface area contributed by atoms with Crippen molar-refractivity contribution in [3.63, 3.8) is 0 Å². The van der Waals surface area contributed by atoms with Gasteiger partial charge >= 0.3 is 0 Å². The molecule has 8 heteroatoms. The van der Waals surface area contributed by atoms with Crippen molar-refractivity contribution in [1.29, 1.82) is 0 Å². The zero-order valence-electron chi connectivity index (χ0n) is 11.6. The number of carbonyl (C=O) groups excluding carboxylic acids is 2. The van der Waals surface area contributed by atoms with Crippen molar-refractivity contribution in [2.75, 3.05) is 6.54 Å². The van der Waals surface area contributed by atoms with E-state index in [1.165, 1.54) is 10.9 Å². The number of nitrogens with two attached hydrogens (primary N) is 1. The molecule has 0 spiro atoms. The van der Waals surface area contributed by atoms with E-state index in [1.807, 2.05) is 12.1 Å². The average molecular weight is 320 g/mol. The van der Waals surface area contributed by atoms with Gasteiger partial charge in [0.2, 0.25) is 5.91 Å². The van der Waals surface area contributed by atoms with E-state index in [9.17, 15) is 9.59 Å². The third kappa shape index (κ3) is 2.80. The van der Waals surface area contributed by atoms with E-state index in [2.05, 4.69) is 10.3 Å². The van der Waals surface area contributed by atoms with Crippen LogP contribution in [0, 0.1) is 0 Å². The zero-order valence-corrected chi connectivity index (χ0v) is 12.4. The van der Waals surface area contributed by atoms with Gasteiger partial charge in [-0.2, -0.15) is 0 Å². The normalized spacial score (nSPS) is 17.1.